The van der Waals surface area contributed by atoms with E-state index in [0.29, 0.717) is 17.9 Å². The molecule has 1 rings (SSSR count). The molecule has 0 heterocycles. The number of rotatable bonds is 7. The molecular formula is C16H22N2O4. The Bertz CT molecular complexity index is 541. The van der Waals surface area contributed by atoms with Gasteiger partial charge in [0.2, 0.25) is 5.91 Å². The van der Waals surface area contributed by atoms with Gasteiger partial charge in [0, 0.05) is 23.7 Å². The largest absolute Gasteiger partial charge is 0.466 e. The summed E-state index contributed by atoms with van der Waals surface area (Å²) < 4.78 is 4.76. The van der Waals surface area contributed by atoms with Crippen LogP contribution in [-0.4, -0.2) is 30.4 Å². The molecule has 6 nitrogen and oxygen atoms in total. The van der Waals surface area contributed by atoms with Gasteiger partial charge in [-0.05, 0) is 39.0 Å². The summed E-state index contributed by atoms with van der Waals surface area (Å²) in [4.78, 5) is 34.8. The number of carbonyl (C=O) groups excluding carboxylic acids is 3. The molecule has 0 spiro atoms. The van der Waals surface area contributed by atoms with Gasteiger partial charge in [-0.1, -0.05) is 6.07 Å². The van der Waals surface area contributed by atoms with E-state index in [4.69, 9.17) is 4.74 Å². The minimum Gasteiger partial charge on any atom is -0.466 e. The third-order valence-electron chi connectivity index (χ3n) is 2.69. The van der Waals surface area contributed by atoms with E-state index in [1.165, 1.54) is 0 Å². The average molecular weight is 306 g/mol. The number of anilines is 1. The van der Waals surface area contributed by atoms with E-state index < -0.39 is 5.97 Å². The van der Waals surface area contributed by atoms with Crippen molar-refractivity contribution in [3.8, 4) is 0 Å². The number of hydrogen-bond acceptors (Lipinski definition) is 4. The molecular weight excluding hydrogens is 284 g/mol. The van der Waals surface area contributed by atoms with Crippen LogP contribution < -0.4 is 10.6 Å². The SMILES string of the molecule is CCOC(=O)CCC(=O)Nc1cccc(C(=O)NC(C)C)c1. The van der Waals surface area contributed by atoms with E-state index in [0.717, 1.165) is 0 Å². The standard InChI is InChI=1S/C16H22N2O4/c1-4-22-15(20)9-8-14(19)18-13-7-5-6-12(10-13)16(21)17-11(2)3/h5-7,10-11H,4,8-9H2,1-3H3,(H,17,21)(H,18,19). The van der Waals surface area contributed by atoms with Gasteiger partial charge in [-0.15, -0.1) is 0 Å². The Balaban J connectivity index is 2.57. The molecule has 0 bridgehead atoms. The molecule has 0 saturated carbocycles. The summed E-state index contributed by atoms with van der Waals surface area (Å²) in [6.45, 7) is 5.76. The smallest absolute Gasteiger partial charge is 0.306 e. The first-order chi connectivity index (χ1) is 10.4. The Kier molecular flexibility index (Phi) is 7.08. The van der Waals surface area contributed by atoms with Crippen LogP contribution in [0.2, 0.25) is 0 Å². The van der Waals surface area contributed by atoms with Crippen LogP contribution in [0.25, 0.3) is 0 Å². The molecule has 0 atom stereocenters. The van der Waals surface area contributed by atoms with Crippen molar-refractivity contribution in [1.82, 2.24) is 5.32 Å². The van der Waals surface area contributed by atoms with Crippen LogP contribution in [-0.2, 0) is 14.3 Å². The maximum Gasteiger partial charge on any atom is 0.306 e. The second kappa shape index (κ2) is 8.81. The van der Waals surface area contributed by atoms with Crippen LogP contribution in [0.3, 0.4) is 0 Å². The Morgan fingerprint density at radius 1 is 1.18 bits per heavy atom. The Morgan fingerprint density at radius 3 is 2.55 bits per heavy atom. The topological polar surface area (TPSA) is 84.5 Å². The summed E-state index contributed by atoms with van der Waals surface area (Å²) in [7, 11) is 0. The highest BCUT2D eigenvalue weighted by Crippen LogP contribution is 2.11. The fourth-order valence-electron chi connectivity index (χ4n) is 1.76. The summed E-state index contributed by atoms with van der Waals surface area (Å²) in [5.74, 6) is -0.894. The minimum atomic E-state index is -0.400. The van der Waals surface area contributed by atoms with Crippen LogP contribution in [0.15, 0.2) is 24.3 Å². The Morgan fingerprint density at radius 2 is 1.91 bits per heavy atom. The molecule has 0 fully saturated rings. The van der Waals surface area contributed by atoms with Crippen molar-refractivity contribution in [2.45, 2.75) is 39.7 Å². The van der Waals surface area contributed by atoms with Gasteiger partial charge in [-0.3, -0.25) is 14.4 Å². The quantitative estimate of drug-likeness (QED) is 0.756. The molecule has 0 saturated heterocycles. The third-order valence-corrected chi connectivity index (χ3v) is 2.69. The zero-order valence-electron chi connectivity index (χ0n) is 13.1. The zero-order chi connectivity index (χ0) is 16.5. The van der Waals surface area contributed by atoms with E-state index in [1.807, 2.05) is 13.8 Å². The van der Waals surface area contributed by atoms with Gasteiger partial charge in [0.1, 0.15) is 0 Å². The third kappa shape index (κ3) is 6.39. The lowest BCUT2D eigenvalue weighted by molar-refractivity contribution is -0.144. The van der Waals surface area contributed by atoms with E-state index in [1.54, 1.807) is 31.2 Å². The summed E-state index contributed by atoms with van der Waals surface area (Å²) in [6, 6.07) is 6.69. The zero-order valence-corrected chi connectivity index (χ0v) is 13.1. The molecule has 2 amide bonds. The van der Waals surface area contributed by atoms with Crippen LogP contribution in [0.5, 0.6) is 0 Å². The molecule has 0 aliphatic heterocycles. The summed E-state index contributed by atoms with van der Waals surface area (Å²) in [5.41, 5.74) is 0.988. The van der Waals surface area contributed by atoms with Crippen molar-refractivity contribution in [2.75, 3.05) is 11.9 Å². The molecule has 0 unspecified atom stereocenters. The number of esters is 1. The van der Waals surface area contributed by atoms with Gasteiger partial charge in [-0.2, -0.15) is 0 Å². The van der Waals surface area contributed by atoms with Gasteiger partial charge >= 0.3 is 5.97 Å². The molecule has 0 radical (unpaired) electrons. The fourth-order valence-corrected chi connectivity index (χ4v) is 1.76. The van der Waals surface area contributed by atoms with E-state index in [2.05, 4.69) is 10.6 Å². The number of nitrogens with one attached hydrogen (secondary N) is 2. The second-order valence-electron chi connectivity index (χ2n) is 5.06. The number of amides is 2. The number of ether oxygens (including phenoxy) is 1. The summed E-state index contributed by atoms with van der Waals surface area (Å²) >= 11 is 0. The van der Waals surface area contributed by atoms with Gasteiger partial charge in [-0.25, -0.2) is 0 Å². The monoisotopic (exact) mass is 306 g/mol. The molecule has 120 valence electrons. The molecule has 0 aliphatic rings. The lowest BCUT2D eigenvalue weighted by Crippen LogP contribution is -2.30. The maximum absolute atomic E-state index is 11.9. The fraction of sp³-hybridized carbons (Fsp3) is 0.438. The van der Waals surface area contributed by atoms with Crippen molar-refractivity contribution in [1.29, 1.82) is 0 Å². The Hall–Kier alpha value is -2.37. The first-order valence-corrected chi connectivity index (χ1v) is 7.28. The maximum atomic E-state index is 11.9. The molecule has 6 heteroatoms. The summed E-state index contributed by atoms with van der Waals surface area (Å²) in [5, 5.41) is 5.44. The second-order valence-corrected chi connectivity index (χ2v) is 5.06. The predicted octanol–water partition coefficient (Wildman–Crippen LogP) is 2.11. The first kappa shape index (κ1) is 17.7. The number of benzene rings is 1. The highest BCUT2D eigenvalue weighted by molar-refractivity contribution is 5.97. The van der Waals surface area contributed by atoms with Crippen LogP contribution >= 0.6 is 0 Å². The van der Waals surface area contributed by atoms with Crippen molar-refractivity contribution in [3.05, 3.63) is 29.8 Å². The van der Waals surface area contributed by atoms with E-state index in [-0.39, 0.29) is 30.7 Å². The molecule has 0 aliphatic carbocycles. The van der Waals surface area contributed by atoms with Crippen molar-refractivity contribution >= 4 is 23.5 Å². The number of hydrogen-bond donors (Lipinski definition) is 2. The van der Waals surface area contributed by atoms with E-state index >= 15 is 0 Å². The molecule has 2 N–H and O–H groups in total. The van der Waals surface area contributed by atoms with Gasteiger partial charge in [0.25, 0.3) is 5.91 Å². The average Bonchev–Trinajstić information content (AvgIpc) is 2.45. The highest BCUT2D eigenvalue weighted by atomic mass is 16.5. The van der Waals surface area contributed by atoms with Crippen molar-refractivity contribution in [2.24, 2.45) is 0 Å². The van der Waals surface area contributed by atoms with Gasteiger partial charge < -0.3 is 15.4 Å². The van der Waals surface area contributed by atoms with Crippen LogP contribution in [0, 0.1) is 0 Å². The highest BCUT2D eigenvalue weighted by Gasteiger charge is 2.10. The number of carbonyl (C=O) groups is 3. The van der Waals surface area contributed by atoms with E-state index in [9.17, 15) is 14.4 Å². The molecule has 0 aromatic heterocycles. The molecule has 1 aromatic carbocycles. The van der Waals surface area contributed by atoms with Crippen molar-refractivity contribution < 1.29 is 19.1 Å². The Labute approximate surface area is 130 Å². The molecule has 1 aromatic rings. The normalized spacial score (nSPS) is 10.2. The van der Waals surface area contributed by atoms with Gasteiger partial charge in [0.15, 0.2) is 0 Å². The predicted molar refractivity (Wildman–Crippen MR) is 83.5 cm³/mol. The first-order valence-electron chi connectivity index (χ1n) is 7.28. The summed E-state index contributed by atoms with van der Waals surface area (Å²) in [6.07, 6.45) is 0.0778. The van der Waals surface area contributed by atoms with Crippen molar-refractivity contribution in [3.63, 3.8) is 0 Å². The van der Waals surface area contributed by atoms with Gasteiger partial charge in [0.05, 0.1) is 13.0 Å². The van der Waals surface area contributed by atoms with Crippen LogP contribution in [0.1, 0.15) is 44.0 Å². The minimum absolute atomic E-state index is 0.0349. The van der Waals surface area contributed by atoms with Crippen LogP contribution in [0.4, 0.5) is 5.69 Å². The lowest BCUT2D eigenvalue weighted by atomic mass is 10.1. The molecule has 22 heavy (non-hydrogen) atoms. The lowest BCUT2D eigenvalue weighted by Gasteiger charge is -2.10.